The van der Waals surface area contributed by atoms with Crippen molar-refractivity contribution >= 4 is 38.4 Å². The Balaban J connectivity index is 2.43. The standard InChI is InChI=1S/C12H9BrFN3O/c1-17-4-7-8(12(17)18)10(15)5-2-3-6(14)9(13)11(5)16-7/h2-3H,4H2,1H3,(H2,15,16). The number of nitrogens with zero attached hydrogens (tertiary/aromatic N) is 2. The van der Waals surface area contributed by atoms with Crippen LogP contribution in [-0.2, 0) is 6.54 Å². The molecule has 3 rings (SSSR count). The first kappa shape index (κ1) is 11.4. The fourth-order valence-electron chi connectivity index (χ4n) is 2.19. The van der Waals surface area contributed by atoms with Gasteiger partial charge in [0.15, 0.2) is 0 Å². The Morgan fingerprint density at radius 3 is 2.94 bits per heavy atom. The van der Waals surface area contributed by atoms with E-state index in [0.29, 0.717) is 34.4 Å². The van der Waals surface area contributed by atoms with Gasteiger partial charge in [-0.1, -0.05) is 0 Å². The van der Waals surface area contributed by atoms with Crippen molar-refractivity contribution in [3.05, 3.63) is 33.7 Å². The quantitative estimate of drug-likeness (QED) is 0.812. The lowest BCUT2D eigenvalue weighted by Crippen LogP contribution is -2.18. The number of carbonyl (C=O) groups excluding carboxylic acids is 1. The van der Waals surface area contributed by atoms with Crippen molar-refractivity contribution in [2.75, 3.05) is 12.8 Å². The number of benzene rings is 1. The van der Waals surface area contributed by atoms with Gasteiger partial charge in [-0.3, -0.25) is 4.79 Å². The first-order valence-corrected chi connectivity index (χ1v) is 6.11. The third-order valence-corrected chi connectivity index (χ3v) is 3.87. The highest BCUT2D eigenvalue weighted by Crippen LogP contribution is 2.35. The van der Waals surface area contributed by atoms with Crippen LogP contribution in [0.25, 0.3) is 10.9 Å². The van der Waals surface area contributed by atoms with Gasteiger partial charge in [0, 0.05) is 12.4 Å². The van der Waals surface area contributed by atoms with Crippen LogP contribution in [0.15, 0.2) is 16.6 Å². The maximum atomic E-state index is 13.5. The predicted molar refractivity (Wildman–Crippen MR) is 69.6 cm³/mol. The molecule has 0 aliphatic carbocycles. The van der Waals surface area contributed by atoms with Gasteiger partial charge in [0.05, 0.1) is 33.5 Å². The monoisotopic (exact) mass is 309 g/mol. The summed E-state index contributed by atoms with van der Waals surface area (Å²) in [4.78, 5) is 17.8. The SMILES string of the molecule is CN1Cc2nc3c(Br)c(F)ccc3c(N)c2C1=O. The van der Waals surface area contributed by atoms with Crippen LogP contribution in [-0.4, -0.2) is 22.8 Å². The molecule has 0 spiro atoms. The van der Waals surface area contributed by atoms with Gasteiger partial charge in [-0.25, -0.2) is 9.37 Å². The van der Waals surface area contributed by atoms with Gasteiger partial charge in [0.25, 0.3) is 5.91 Å². The van der Waals surface area contributed by atoms with Crippen LogP contribution >= 0.6 is 15.9 Å². The molecule has 0 saturated heterocycles. The molecule has 0 unspecified atom stereocenters. The van der Waals surface area contributed by atoms with Crippen molar-refractivity contribution in [3.63, 3.8) is 0 Å². The molecule has 2 N–H and O–H groups in total. The summed E-state index contributed by atoms with van der Waals surface area (Å²) in [5.74, 6) is -0.538. The molecule has 1 aromatic heterocycles. The first-order valence-electron chi connectivity index (χ1n) is 5.32. The Morgan fingerprint density at radius 2 is 2.22 bits per heavy atom. The molecule has 0 atom stereocenters. The number of amides is 1. The molecule has 1 aliphatic rings. The minimum absolute atomic E-state index is 0.141. The number of halogens is 2. The summed E-state index contributed by atoms with van der Waals surface area (Å²) >= 11 is 3.16. The molecular formula is C12H9BrFN3O. The summed E-state index contributed by atoms with van der Waals surface area (Å²) in [6, 6.07) is 2.85. The summed E-state index contributed by atoms with van der Waals surface area (Å²) in [5, 5.41) is 0.589. The second kappa shape index (κ2) is 3.65. The predicted octanol–water partition coefficient (Wildman–Crippen LogP) is 2.30. The highest BCUT2D eigenvalue weighted by atomic mass is 79.9. The average molecular weight is 310 g/mol. The summed E-state index contributed by atoms with van der Waals surface area (Å²) in [7, 11) is 1.68. The summed E-state index contributed by atoms with van der Waals surface area (Å²) in [5.41, 5.74) is 7.86. The molecule has 1 aromatic carbocycles. The van der Waals surface area contributed by atoms with Gasteiger partial charge in [0.2, 0.25) is 0 Å². The minimum Gasteiger partial charge on any atom is -0.397 e. The number of pyridine rings is 1. The lowest BCUT2D eigenvalue weighted by molar-refractivity contribution is 0.0817. The maximum Gasteiger partial charge on any atom is 0.258 e. The lowest BCUT2D eigenvalue weighted by atomic mass is 10.1. The van der Waals surface area contributed by atoms with Crippen molar-refractivity contribution in [1.82, 2.24) is 9.88 Å². The zero-order chi connectivity index (χ0) is 13.0. The molecule has 0 saturated carbocycles. The minimum atomic E-state index is -0.396. The van der Waals surface area contributed by atoms with Crippen molar-refractivity contribution < 1.29 is 9.18 Å². The van der Waals surface area contributed by atoms with E-state index in [-0.39, 0.29) is 10.4 Å². The summed E-state index contributed by atoms with van der Waals surface area (Å²) < 4.78 is 13.8. The van der Waals surface area contributed by atoms with E-state index < -0.39 is 5.82 Å². The van der Waals surface area contributed by atoms with Gasteiger partial charge in [0.1, 0.15) is 5.82 Å². The second-order valence-electron chi connectivity index (χ2n) is 4.27. The number of hydrogen-bond donors (Lipinski definition) is 1. The fourth-order valence-corrected chi connectivity index (χ4v) is 2.62. The lowest BCUT2D eigenvalue weighted by Gasteiger charge is -2.08. The van der Waals surface area contributed by atoms with Gasteiger partial charge < -0.3 is 10.6 Å². The zero-order valence-corrected chi connectivity index (χ0v) is 11.1. The summed E-state index contributed by atoms with van der Waals surface area (Å²) in [6.07, 6.45) is 0. The Bertz CT molecular complexity index is 702. The van der Waals surface area contributed by atoms with Gasteiger partial charge >= 0.3 is 0 Å². The molecule has 0 fully saturated rings. The normalized spacial score (nSPS) is 14.4. The van der Waals surface area contributed by atoms with E-state index in [9.17, 15) is 9.18 Å². The van der Waals surface area contributed by atoms with E-state index >= 15 is 0 Å². The van der Waals surface area contributed by atoms with Crippen molar-refractivity contribution in [2.24, 2.45) is 0 Å². The van der Waals surface area contributed by atoms with Gasteiger partial charge in [-0.05, 0) is 28.1 Å². The van der Waals surface area contributed by atoms with Gasteiger partial charge in [-0.2, -0.15) is 0 Å². The molecule has 18 heavy (non-hydrogen) atoms. The molecule has 0 bridgehead atoms. The highest BCUT2D eigenvalue weighted by molar-refractivity contribution is 9.10. The number of nitrogens with two attached hydrogens (primary N) is 1. The van der Waals surface area contributed by atoms with Crippen LogP contribution in [0.1, 0.15) is 16.1 Å². The number of hydrogen-bond acceptors (Lipinski definition) is 3. The van der Waals surface area contributed by atoms with E-state index in [2.05, 4.69) is 20.9 Å². The smallest absolute Gasteiger partial charge is 0.258 e. The molecule has 0 radical (unpaired) electrons. The van der Waals surface area contributed by atoms with Crippen molar-refractivity contribution in [2.45, 2.75) is 6.54 Å². The third-order valence-electron chi connectivity index (χ3n) is 3.11. The Morgan fingerprint density at radius 1 is 1.50 bits per heavy atom. The Kier molecular flexibility index (Phi) is 2.31. The molecule has 2 heterocycles. The number of anilines is 1. The van der Waals surface area contributed by atoms with E-state index in [1.807, 2.05) is 0 Å². The molecular weight excluding hydrogens is 301 g/mol. The number of nitrogen functional groups attached to an aromatic ring is 1. The number of fused-ring (bicyclic) bond motifs is 2. The summed E-state index contributed by atoms with van der Waals surface area (Å²) in [6.45, 7) is 0.400. The van der Waals surface area contributed by atoms with Crippen molar-refractivity contribution in [1.29, 1.82) is 0 Å². The number of rotatable bonds is 0. The molecule has 4 nitrogen and oxygen atoms in total. The molecule has 1 aliphatic heterocycles. The van der Waals surface area contributed by atoms with Crippen molar-refractivity contribution in [3.8, 4) is 0 Å². The Hall–Kier alpha value is -1.69. The number of carbonyl (C=O) groups is 1. The van der Waals surface area contributed by atoms with E-state index in [1.54, 1.807) is 13.1 Å². The van der Waals surface area contributed by atoms with E-state index in [1.165, 1.54) is 11.0 Å². The van der Waals surface area contributed by atoms with E-state index in [0.717, 1.165) is 0 Å². The molecule has 92 valence electrons. The number of aromatic nitrogens is 1. The van der Waals surface area contributed by atoms with Crippen LogP contribution in [0.3, 0.4) is 0 Å². The largest absolute Gasteiger partial charge is 0.397 e. The van der Waals surface area contributed by atoms with Crippen LogP contribution in [0, 0.1) is 5.82 Å². The highest BCUT2D eigenvalue weighted by Gasteiger charge is 2.30. The van der Waals surface area contributed by atoms with Crippen LogP contribution in [0.2, 0.25) is 0 Å². The van der Waals surface area contributed by atoms with Crippen LogP contribution in [0.5, 0.6) is 0 Å². The second-order valence-corrected chi connectivity index (χ2v) is 5.06. The van der Waals surface area contributed by atoms with E-state index in [4.69, 9.17) is 5.73 Å². The molecule has 2 aromatic rings. The first-order chi connectivity index (χ1) is 8.50. The Labute approximate surface area is 111 Å². The average Bonchev–Trinajstić information content (AvgIpc) is 2.61. The topological polar surface area (TPSA) is 59.2 Å². The molecule has 1 amide bonds. The van der Waals surface area contributed by atoms with Gasteiger partial charge in [-0.15, -0.1) is 0 Å². The third kappa shape index (κ3) is 1.35. The molecule has 6 heteroatoms. The zero-order valence-electron chi connectivity index (χ0n) is 9.50. The maximum absolute atomic E-state index is 13.5. The fraction of sp³-hybridized carbons (Fsp3) is 0.167. The van der Waals surface area contributed by atoms with Crippen LogP contribution in [0.4, 0.5) is 10.1 Å². The van der Waals surface area contributed by atoms with Crippen LogP contribution < -0.4 is 5.73 Å².